The van der Waals surface area contributed by atoms with E-state index in [-0.39, 0.29) is 18.2 Å². The molecule has 1 aliphatic rings. The van der Waals surface area contributed by atoms with E-state index in [0.717, 1.165) is 21.2 Å². The minimum absolute atomic E-state index is 0.0152. The van der Waals surface area contributed by atoms with Crippen molar-refractivity contribution < 1.29 is 23.5 Å². The first kappa shape index (κ1) is 17.8. The maximum absolute atomic E-state index is 13.2. The maximum atomic E-state index is 13.2. The van der Waals surface area contributed by atoms with Crippen molar-refractivity contribution in [3.8, 4) is 0 Å². The van der Waals surface area contributed by atoms with E-state index in [2.05, 4.69) is 10.1 Å². The Morgan fingerprint density at radius 2 is 1.86 bits per heavy atom. The summed E-state index contributed by atoms with van der Waals surface area (Å²) in [7, 11) is 1.25. The summed E-state index contributed by atoms with van der Waals surface area (Å²) in [6.45, 7) is 1.61. The number of rotatable bonds is 4. The van der Waals surface area contributed by atoms with Gasteiger partial charge in [-0.05, 0) is 35.4 Å². The first-order chi connectivity index (χ1) is 13.4. The van der Waals surface area contributed by atoms with E-state index < -0.39 is 17.5 Å². The molecular formula is C21H18N2O5. The fraction of sp³-hybridized carbons (Fsp3) is 0.190. The molecule has 1 aromatic heterocycles. The van der Waals surface area contributed by atoms with Crippen molar-refractivity contribution in [2.24, 2.45) is 0 Å². The van der Waals surface area contributed by atoms with E-state index in [1.54, 1.807) is 13.0 Å². The average molecular weight is 378 g/mol. The molecule has 28 heavy (non-hydrogen) atoms. The normalized spacial score (nSPS) is 19.1. The number of carbonyl (C=O) groups is 3. The van der Waals surface area contributed by atoms with E-state index in [0.29, 0.717) is 5.76 Å². The highest BCUT2D eigenvalue weighted by Crippen LogP contribution is 2.34. The van der Waals surface area contributed by atoms with Crippen LogP contribution < -0.4 is 5.32 Å². The molecule has 2 heterocycles. The van der Waals surface area contributed by atoms with Crippen LogP contribution >= 0.6 is 0 Å². The Balaban J connectivity index is 1.66. The van der Waals surface area contributed by atoms with Gasteiger partial charge in [0.2, 0.25) is 5.76 Å². The molecule has 0 saturated carbocycles. The number of nitrogens with one attached hydrogen (secondary N) is 1. The highest BCUT2D eigenvalue weighted by molar-refractivity contribution is 6.09. The largest absolute Gasteiger partial charge is 0.463 e. The molecule has 2 aromatic carbocycles. The van der Waals surface area contributed by atoms with E-state index in [4.69, 9.17) is 4.42 Å². The molecule has 1 atom stereocenters. The number of ether oxygens (including phenoxy) is 1. The van der Waals surface area contributed by atoms with Gasteiger partial charge in [-0.25, -0.2) is 9.59 Å². The molecule has 4 rings (SSSR count). The smallest absolute Gasteiger partial charge is 0.373 e. The van der Waals surface area contributed by atoms with Crippen LogP contribution in [-0.4, -0.2) is 29.9 Å². The second-order valence-electron chi connectivity index (χ2n) is 6.73. The van der Waals surface area contributed by atoms with Crippen LogP contribution in [0.4, 0.5) is 4.79 Å². The molecule has 1 aliphatic heterocycles. The maximum Gasteiger partial charge on any atom is 0.373 e. The second-order valence-corrected chi connectivity index (χ2v) is 6.73. The fourth-order valence-electron chi connectivity index (χ4n) is 3.51. The number of imide groups is 1. The van der Waals surface area contributed by atoms with Crippen molar-refractivity contribution >= 4 is 28.7 Å². The molecule has 3 amide bonds. The van der Waals surface area contributed by atoms with Gasteiger partial charge < -0.3 is 14.5 Å². The number of hydrogen-bond donors (Lipinski definition) is 1. The van der Waals surface area contributed by atoms with Crippen molar-refractivity contribution in [1.29, 1.82) is 0 Å². The van der Waals surface area contributed by atoms with Crippen molar-refractivity contribution in [3.63, 3.8) is 0 Å². The Labute approximate surface area is 160 Å². The number of carbonyl (C=O) groups excluding carboxylic acids is 3. The zero-order valence-electron chi connectivity index (χ0n) is 15.4. The van der Waals surface area contributed by atoms with Gasteiger partial charge in [-0.15, -0.1) is 0 Å². The minimum atomic E-state index is -1.20. The summed E-state index contributed by atoms with van der Waals surface area (Å²) < 4.78 is 9.99. The number of methoxy groups -OCH3 is 1. The van der Waals surface area contributed by atoms with E-state index in [9.17, 15) is 14.4 Å². The molecule has 3 aromatic rings. The number of urea groups is 1. The van der Waals surface area contributed by atoms with Crippen LogP contribution in [0.2, 0.25) is 0 Å². The number of benzene rings is 2. The molecule has 0 radical (unpaired) electrons. The summed E-state index contributed by atoms with van der Waals surface area (Å²) in [6, 6.07) is 15.8. The highest BCUT2D eigenvalue weighted by Gasteiger charge is 2.49. The lowest BCUT2D eigenvalue weighted by Crippen LogP contribution is -2.41. The number of fused-ring (bicyclic) bond motifs is 1. The molecule has 0 aliphatic carbocycles. The summed E-state index contributed by atoms with van der Waals surface area (Å²) in [5.41, 5.74) is -0.475. The zero-order valence-corrected chi connectivity index (χ0v) is 15.4. The third-order valence-electron chi connectivity index (χ3n) is 4.97. The molecule has 1 fully saturated rings. The minimum Gasteiger partial charge on any atom is -0.463 e. The second kappa shape index (κ2) is 6.53. The molecule has 1 saturated heterocycles. The molecule has 7 nitrogen and oxygen atoms in total. The van der Waals surface area contributed by atoms with Crippen LogP contribution in [0.5, 0.6) is 0 Å². The van der Waals surface area contributed by atoms with Gasteiger partial charge in [0.1, 0.15) is 11.3 Å². The van der Waals surface area contributed by atoms with Gasteiger partial charge in [-0.2, -0.15) is 0 Å². The van der Waals surface area contributed by atoms with E-state index in [1.807, 2.05) is 42.5 Å². The lowest BCUT2D eigenvalue weighted by Gasteiger charge is -2.24. The molecule has 0 spiro atoms. The van der Waals surface area contributed by atoms with Gasteiger partial charge >= 0.3 is 12.0 Å². The van der Waals surface area contributed by atoms with Gasteiger partial charge in [0.15, 0.2) is 0 Å². The van der Waals surface area contributed by atoms with Gasteiger partial charge in [-0.1, -0.05) is 42.5 Å². The summed E-state index contributed by atoms with van der Waals surface area (Å²) in [5.74, 6) is -0.679. The quantitative estimate of drug-likeness (QED) is 0.556. The monoisotopic (exact) mass is 378 g/mol. The van der Waals surface area contributed by atoms with Crippen molar-refractivity contribution in [3.05, 3.63) is 71.7 Å². The molecule has 142 valence electrons. The first-order valence-electron chi connectivity index (χ1n) is 8.73. The number of nitrogens with zero attached hydrogens (tertiary/aromatic N) is 1. The van der Waals surface area contributed by atoms with E-state index >= 15 is 0 Å². The first-order valence-corrected chi connectivity index (χ1v) is 8.73. The van der Waals surface area contributed by atoms with Crippen molar-refractivity contribution in [1.82, 2.24) is 10.2 Å². The molecule has 0 unspecified atom stereocenters. The third-order valence-corrected chi connectivity index (χ3v) is 4.97. The summed E-state index contributed by atoms with van der Waals surface area (Å²) >= 11 is 0. The number of furan rings is 1. The van der Waals surface area contributed by atoms with Crippen LogP contribution in [-0.2, 0) is 21.6 Å². The number of amides is 3. The predicted octanol–water partition coefficient (Wildman–Crippen LogP) is 3.19. The van der Waals surface area contributed by atoms with Gasteiger partial charge in [0, 0.05) is 0 Å². The predicted molar refractivity (Wildman–Crippen MR) is 100 cm³/mol. The average Bonchev–Trinajstić information content (AvgIpc) is 3.26. The number of hydrogen-bond acceptors (Lipinski definition) is 5. The molecular weight excluding hydrogens is 360 g/mol. The summed E-state index contributed by atoms with van der Waals surface area (Å²) in [6.07, 6.45) is 0. The lowest BCUT2D eigenvalue weighted by atomic mass is 9.88. The zero-order chi connectivity index (χ0) is 19.9. The van der Waals surface area contributed by atoms with E-state index in [1.165, 1.54) is 13.2 Å². The molecule has 7 heteroatoms. The Morgan fingerprint density at radius 1 is 1.11 bits per heavy atom. The van der Waals surface area contributed by atoms with Gasteiger partial charge in [0.05, 0.1) is 13.7 Å². The Hall–Kier alpha value is -3.61. The summed E-state index contributed by atoms with van der Waals surface area (Å²) in [4.78, 5) is 38.4. The molecule has 1 N–H and O–H groups in total. The summed E-state index contributed by atoms with van der Waals surface area (Å²) in [5, 5.41) is 4.68. The highest BCUT2D eigenvalue weighted by atomic mass is 16.5. The lowest BCUT2D eigenvalue weighted by molar-refractivity contribution is -0.131. The fourth-order valence-corrected chi connectivity index (χ4v) is 3.51. The van der Waals surface area contributed by atoms with Crippen LogP contribution in [0.3, 0.4) is 0 Å². The van der Waals surface area contributed by atoms with Gasteiger partial charge in [-0.3, -0.25) is 9.69 Å². The Bertz CT molecular complexity index is 1100. The SMILES string of the molecule is COC(=O)c1ccc(CN2C(=O)N[C@](C)(c3cccc4ccccc34)C2=O)o1. The van der Waals surface area contributed by atoms with Crippen LogP contribution in [0.15, 0.2) is 59.0 Å². The van der Waals surface area contributed by atoms with Crippen molar-refractivity contribution in [2.45, 2.75) is 19.0 Å². The molecule has 0 bridgehead atoms. The third kappa shape index (κ3) is 2.72. The Morgan fingerprint density at radius 3 is 2.64 bits per heavy atom. The Kier molecular flexibility index (Phi) is 4.15. The van der Waals surface area contributed by atoms with Crippen LogP contribution in [0.1, 0.15) is 28.8 Å². The van der Waals surface area contributed by atoms with Crippen LogP contribution in [0, 0.1) is 0 Å². The number of esters is 1. The van der Waals surface area contributed by atoms with Gasteiger partial charge in [0.25, 0.3) is 5.91 Å². The van der Waals surface area contributed by atoms with Crippen LogP contribution in [0.25, 0.3) is 10.8 Å². The standard InChI is InChI=1S/C21H18N2O5/c1-21(16-9-5-7-13-6-3-4-8-15(13)16)19(25)23(20(26)22-21)12-14-10-11-17(28-14)18(24)27-2/h3-11H,12H2,1-2H3,(H,22,26)/t21-/m1/s1. The topological polar surface area (TPSA) is 88.9 Å². The van der Waals surface area contributed by atoms with Crippen molar-refractivity contribution in [2.75, 3.05) is 7.11 Å².